The molecule has 0 fully saturated rings. The highest BCUT2D eigenvalue weighted by atomic mass is 35.5. The number of esters is 2. The smallest absolute Gasteiger partial charge is 0.330 e. The standard InChI is InChI=1S/C26H50N2O5.ClH/c1-3-4-5-6-7-8-9-10-11-12-13-14-15-16-17-18-20-26(28,25(31)32)21-19-23(29)33-24(30)22(2)27;/h22H,3-21,27-28H2,1-2H3,(H,31,32);1H/t22-,26-;/m1./s1. The minimum absolute atomic E-state index is 0. The Kier molecular flexibility index (Phi) is 22.9. The van der Waals surface area contributed by atoms with Gasteiger partial charge in [-0.1, -0.05) is 110 Å². The lowest BCUT2D eigenvalue weighted by atomic mass is 9.88. The summed E-state index contributed by atoms with van der Waals surface area (Å²) >= 11 is 0. The van der Waals surface area contributed by atoms with E-state index in [1.54, 1.807) is 0 Å². The molecule has 0 aliphatic rings. The summed E-state index contributed by atoms with van der Waals surface area (Å²) in [5.74, 6) is -2.74. The molecule has 0 aliphatic heterocycles. The number of hydrogen-bond donors (Lipinski definition) is 3. The number of hydrogen-bond acceptors (Lipinski definition) is 6. The minimum atomic E-state index is -1.48. The topological polar surface area (TPSA) is 133 Å². The van der Waals surface area contributed by atoms with Crippen molar-refractivity contribution >= 4 is 30.3 Å². The lowest BCUT2D eigenvalue weighted by Crippen LogP contribution is -2.48. The van der Waals surface area contributed by atoms with E-state index >= 15 is 0 Å². The van der Waals surface area contributed by atoms with Gasteiger partial charge in [-0.05, 0) is 19.8 Å². The zero-order valence-corrected chi connectivity index (χ0v) is 22.5. The van der Waals surface area contributed by atoms with Crippen molar-refractivity contribution in [2.24, 2.45) is 11.5 Å². The Hall–Kier alpha value is -1.18. The quantitative estimate of drug-likeness (QED) is 0.0925. The van der Waals surface area contributed by atoms with E-state index in [0.29, 0.717) is 12.8 Å². The van der Waals surface area contributed by atoms with Crippen molar-refractivity contribution < 1.29 is 24.2 Å². The largest absolute Gasteiger partial charge is 0.480 e. The average molecular weight is 507 g/mol. The molecule has 0 unspecified atom stereocenters. The van der Waals surface area contributed by atoms with Crippen molar-refractivity contribution in [3.8, 4) is 0 Å². The fraction of sp³-hybridized carbons (Fsp3) is 0.885. The molecule has 0 aliphatic carbocycles. The summed E-state index contributed by atoms with van der Waals surface area (Å²) < 4.78 is 4.57. The maximum absolute atomic E-state index is 11.7. The van der Waals surface area contributed by atoms with Gasteiger partial charge in [-0.15, -0.1) is 12.4 Å². The van der Waals surface area contributed by atoms with Crippen LogP contribution in [0.3, 0.4) is 0 Å². The van der Waals surface area contributed by atoms with Crippen LogP contribution in [0.1, 0.15) is 136 Å². The van der Waals surface area contributed by atoms with Gasteiger partial charge in [0.05, 0.1) is 0 Å². The first kappa shape index (κ1) is 35.0. The second-order valence-corrected chi connectivity index (χ2v) is 9.60. The lowest BCUT2D eigenvalue weighted by molar-refractivity contribution is -0.160. The molecule has 8 heteroatoms. The Labute approximate surface area is 213 Å². The van der Waals surface area contributed by atoms with Crippen LogP contribution in [0, 0.1) is 0 Å². The second kappa shape index (κ2) is 22.3. The number of ether oxygens (including phenoxy) is 1. The van der Waals surface area contributed by atoms with E-state index < -0.39 is 29.5 Å². The highest BCUT2D eigenvalue weighted by Crippen LogP contribution is 2.21. The Balaban J connectivity index is 0. The summed E-state index contributed by atoms with van der Waals surface area (Å²) in [6, 6.07) is -0.902. The van der Waals surface area contributed by atoms with Crippen LogP contribution in [0.2, 0.25) is 0 Å². The number of halogens is 1. The van der Waals surface area contributed by atoms with Gasteiger partial charge in [0.1, 0.15) is 11.6 Å². The van der Waals surface area contributed by atoms with E-state index in [2.05, 4.69) is 11.7 Å². The number of carbonyl (C=O) groups is 3. The van der Waals surface area contributed by atoms with Crippen molar-refractivity contribution in [3.63, 3.8) is 0 Å². The normalized spacial score (nSPS) is 13.5. The number of carbonyl (C=O) groups excluding carboxylic acids is 2. The molecule has 0 aromatic rings. The van der Waals surface area contributed by atoms with Crippen LogP contribution in [0.4, 0.5) is 0 Å². The fourth-order valence-corrected chi connectivity index (χ4v) is 3.91. The Morgan fingerprint density at radius 1 is 0.765 bits per heavy atom. The highest BCUT2D eigenvalue weighted by Gasteiger charge is 2.34. The molecule has 202 valence electrons. The van der Waals surface area contributed by atoms with Crippen molar-refractivity contribution in [2.45, 2.75) is 147 Å². The third-order valence-corrected chi connectivity index (χ3v) is 6.26. The summed E-state index contributed by atoms with van der Waals surface area (Å²) in [6.07, 6.45) is 20.0. The first-order valence-corrected chi connectivity index (χ1v) is 13.3. The van der Waals surface area contributed by atoms with Gasteiger partial charge in [-0.25, -0.2) is 4.79 Å². The number of carboxylic acids is 1. The van der Waals surface area contributed by atoms with Crippen LogP contribution in [0.15, 0.2) is 0 Å². The van der Waals surface area contributed by atoms with Gasteiger partial charge in [0, 0.05) is 6.42 Å². The van der Waals surface area contributed by atoms with Crippen LogP contribution in [0.5, 0.6) is 0 Å². The van der Waals surface area contributed by atoms with Crippen LogP contribution < -0.4 is 11.5 Å². The van der Waals surface area contributed by atoms with E-state index in [-0.39, 0.29) is 25.2 Å². The average Bonchev–Trinajstić information content (AvgIpc) is 2.77. The van der Waals surface area contributed by atoms with Gasteiger partial charge < -0.3 is 21.3 Å². The van der Waals surface area contributed by atoms with E-state index in [4.69, 9.17) is 11.5 Å². The molecular formula is C26H51ClN2O5. The molecule has 0 aromatic heterocycles. The van der Waals surface area contributed by atoms with Crippen LogP contribution in [-0.4, -0.2) is 34.6 Å². The monoisotopic (exact) mass is 506 g/mol. The predicted octanol–water partition coefficient (Wildman–Crippen LogP) is 6.04. The summed E-state index contributed by atoms with van der Waals surface area (Å²) in [7, 11) is 0. The van der Waals surface area contributed by atoms with Crippen LogP contribution >= 0.6 is 12.4 Å². The van der Waals surface area contributed by atoms with Crippen LogP contribution in [-0.2, 0) is 19.1 Å². The van der Waals surface area contributed by atoms with Gasteiger partial charge in [-0.2, -0.15) is 0 Å². The number of unbranched alkanes of at least 4 members (excludes halogenated alkanes) is 15. The van der Waals surface area contributed by atoms with Gasteiger partial charge >= 0.3 is 17.9 Å². The first-order valence-electron chi connectivity index (χ1n) is 13.3. The second-order valence-electron chi connectivity index (χ2n) is 9.60. The molecular weight excluding hydrogens is 456 g/mol. The molecule has 0 saturated heterocycles. The third-order valence-electron chi connectivity index (χ3n) is 6.26. The number of nitrogens with two attached hydrogens (primary N) is 2. The molecule has 0 rings (SSSR count). The predicted molar refractivity (Wildman–Crippen MR) is 140 cm³/mol. The van der Waals surface area contributed by atoms with Gasteiger partial charge in [0.2, 0.25) is 0 Å². The van der Waals surface area contributed by atoms with Crippen molar-refractivity contribution in [1.82, 2.24) is 0 Å². The fourth-order valence-electron chi connectivity index (χ4n) is 3.91. The Morgan fingerprint density at radius 3 is 1.50 bits per heavy atom. The molecule has 7 nitrogen and oxygen atoms in total. The first-order chi connectivity index (χ1) is 15.7. The molecule has 0 heterocycles. The molecule has 0 aromatic carbocycles. The highest BCUT2D eigenvalue weighted by molar-refractivity contribution is 5.88. The summed E-state index contributed by atoms with van der Waals surface area (Å²) in [4.78, 5) is 34.6. The molecule has 0 amide bonds. The van der Waals surface area contributed by atoms with E-state index in [1.165, 1.54) is 84.0 Å². The molecule has 5 N–H and O–H groups in total. The van der Waals surface area contributed by atoms with E-state index in [1.807, 2.05) is 0 Å². The zero-order valence-electron chi connectivity index (χ0n) is 21.7. The SMILES string of the molecule is CCCCCCCCCCCCCCCCCC[C@@](N)(CCC(=O)OC(=O)[C@@H](C)N)C(=O)O.Cl. The third kappa shape index (κ3) is 19.2. The van der Waals surface area contributed by atoms with Crippen molar-refractivity contribution in [1.29, 1.82) is 0 Å². The maximum atomic E-state index is 11.7. The van der Waals surface area contributed by atoms with Gasteiger partial charge in [0.15, 0.2) is 0 Å². The van der Waals surface area contributed by atoms with E-state index in [0.717, 1.165) is 19.3 Å². The number of carboxylic acid groups (broad SMARTS) is 1. The maximum Gasteiger partial charge on any atom is 0.330 e. The van der Waals surface area contributed by atoms with Crippen molar-refractivity contribution in [3.05, 3.63) is 0 Å². The summed E-state index contributed by atoms with van der Waals surface area (Å²) in [5.41, 5.74) is 9.89. The molecule has 0 radical (unpaired) electrons. The summed E-state index contributed by atoms with van der Waals surface area (Å²) in [5, 5.41) is 9.48. The molecule has 2 atom stereocenters. The van der Waals surface area contributed by atoms with Gasteiger partial charge in [-0.3, -0.25) is 9.59 Å². The lowest BCUT2D eigenvalue weighted by Gasteiger charge is -2.24. The summed E-state index contributed by atoms with van der Waals surface area (Å²) in [6.45, 7) is 3.67. The molecule has 0 saturated carbocycles. The van der Waals surface area contributed by atoms with Gasteiger partial charge in [0.25, 0.3) is 0 Å². The minimum Gasteiger partial charge on any atom is -0.480 e. The molecule has 34 heavy (non-hydrogen) atoms. The molecule has 0 bridgehead atoms. The molecule has 0 spiro atoms. The Bertz CT molecular complexity index is 545. The van der Waals surface area contributed by atoms with Crippen molar-refractivity contribution in [2.75, 3.05) is 0 Å². The Morgan fingerprint density at radius 2 is 1.15 bits per heavy atom. The number of aliphatic carboxylic acids is 1. The van der Waals surface area contributed by atoms with Crippen LogP contribution in [0.25, 0.3) is 0 Å². The number of rotatable bonds is 22. The zero-order chi connectivity index (χ0) is 25.0. The van der Waals surface area contributed by atoms with E-state index in [9.17, 15) is 19.5 Å².